The maximum atomic E-state index is 12.0. The Bertz CT molecular complexity index is 961. The van der Waals surface area contributed by atoms with E-state index in [0.717, 1.165) is 11.8 Å². The summed E-state index contributed by atoms with van der Waals surface area (Å²) < 4.78 is 40.9. The number of benzene rings is 3. The summed E-state index contributed by atoms with van der Waals surface area (Å²) in [4.78, 5) is 12.0. The molecule has 0 heterocycles. The fourth-order valence-corrected chi connectivity index (χ4v) is 2.36. The molecule has 3 rings (SSSR count). The Hall–Kier alpha value is -3.68. The van der Waals surface area contributed by atoms with Crippen LogP contribution in [-0.4, -0.2) is 13.0 Å². The van der Waals surface area contributed by atoms with Gasteiger partial charge in [0.05, 0.1) is 18.4 Å². The molecule has 0 atom stereocenters. The van der Waals surface area contributed by atoms with Gasteiger partial charge in [-0.25, -0.2) is 0 Å². The fourth-order valence-electron chi connectivity index (χ4n) is 2.36. The van der Waals surface area contributed by atoms with Crippen LogP contribution in [0.2, 0.25) is 0 Å². The lowest BCUT2D eigenvalue weighted by Gasteiger charge is -2.08. The topological polar surface area (TPSA) is 90.4 Å². The van der Waals surface area contributed by atoms with Gasteiger partial charge in [-0.2, -0.15) is 13.2 Å². The Balaban J connectivity index is 0.000000234. The number of halogens is 3. The van der Waals surface area contributed by atoms with Crippen LogP contribution in [0.1, 0.15) is 15.9 Å². The van der Waals surface area contributed by atoms with E-state index in [1.54, 1.807) is 18.2 Å². The highest BCUT2D eigenvalue weighted by molar-refractivity contribution is 6.05. The molecule has 3 aromatic carbocycles. The Kier molecular flexibility index (Phi) is 7.08. The summed E-state index contributed by atoms with van der Waals surface area (Å²) in [6.45, 7) is 0. The highest BCUT2D eigenvalue weighted by atomic mass is 19.4. The summed E-state index contributed by atoms with van der Waals surface area (Å²) in [6.07, 6.45) is -4.34. The first-order chi connectivity index (χ1) is 13.7. The van der Waals surface area contributed by atoms with E-state index in [0.29, 0.717) is 17.0 Å². The predicted octanol–water partition coefficient (Wildman–Crippen LogP) is 4.82. The quantitative estimate of drug-likeness (QED) is 0.547. The van der Waals surface area contributed by atoms with E-state index in [2.05, 4.69) is 5.32 Å². The van der Waals surface area contributed by atoms with Crippen LogP contribution in [0, 0.1) is 0 Å². The zero-order chi connectivity index (χ0) is 21.4. The van der Waals surface area contributed by atoms with Crippen LogP contribution in [0.3, 0.4) is 0 Å². The SMILES string of the molecule is COc1ccc(C(=O)Nc2ccccc2)cc1N.Nc1ccccc1C(F)(F)F. The van der Waals surface area contributed by atoms with Gasteiger partial charge < -0.3 is 21.5 Å². The average Bonchev–Trinajstić information content (AvgIpc) is 2.68. The maximum absolute atomic E-state index is 12.0. The summed E-state index contributed by atoms with van der Waals surface area (Å²) >= 11 is 0. The van der Waals surface area contributed by atoms with E-state index in [1.165, 1.54) is 25.3 Å². The molecule has 0 unspecified atom stereocenters. The summed E-state index contributed by atoms with van der Waals surface area (Å²) in [6, 6.07) is 19.1. The lowest BCUT2D eigenvalue weighted by molar-refractivity contribution is -0.136. The van der Waals surface area contributed by atoms with Crippen LogP contribution in [-0.2, 0) is 6.18 Å². The standard InChI is InChI=1S/C14H14N2O2.C7H6F3N/c1-18-13-8-7-10(9-12(13)15)14(17)16-11-5-3-2-4-6-11;8-7(9,10)5-3-1-2-4-6(5)11/h2-9H,15H2,1H3,(H,16,17);1-4H,11H2. The van der Waals surface area contributed by atoms with Gasteiger partial charge in [0.1, 0.15) is 5.75 Å². The number of hydrogen-bond acceptors (Lipinski definition) is 4. The monoisotopic (exact) mass is 403 g/mol. The lowest BCUT2D eigenvalue weighted by atomic mass is 10.1. The first kappa shape index (κ1) is 21.6. The molecule has 8 heteroatoms. The van der Waals surface area contributed by atoms with Gasteiger partial charge in [0.15, 0.2) is 0 Å². The number of amides is 1. The van der Waals surface area contributed by atoms with Crippen LogP contribution >= 0.6 is 0 Å². The molecule has 0 aliphatic carbocycles. The number of para-hydroxylation sites is 2. The number of nitrogens with one attached hydrogen (secondary N) is 1. The van der Waals surface area contributed by atoms with Gasteiger partial charge in [0.2, 0.25) is 0 Å². The minimum Gasteiger partial charge on any atom is -0.495 e. The molecule has 0 aliphatic heterocycles. The van der Waals surface area contributed by atoms with E-state index in [1.807, 2.05) is 30.3 Å². The molecule has 0 saturated carbocycles. The summed E-state index contributed by atoms with van der Waals surface area (Å²) in [5.74, 6) is 0.363. The van der Waals surface area contributed by atoms with Crippen molar-refractivity contribution < 1.29 is 22.7 Å². The molecule has 0 aromatic heterocycles. The number of carbonyl (C=O) groups excluding carboxylic acids is 1. The smallest absolute Gasteiger partial charge is 0.418 e. The number of carbonyl (C=O) groups is 1. The van der Waals surface area contributed by atoms with Crippen molar-refractivity contribution in [1.29, 1.82) is 0 Å². The molecule has 0 spiro atoms. The van der Waals surface area contributed by atoms with Crippen molar-refractivity contribution >= 4 is 23.0 Å². The van der Waals surface area contributed by atoms with Crippen LogP contribution in [0.25, 0.3) is 0 Å². The van der Waals surface area contributed by atoms with Gasteiger partial charge in [-0.3, -0.25) is 4.79 Å². The van der Waals surface area contributed by atoms with Gasteiger partial charge in [0.25, 0.3) is 5.91 Å². The molecule has 1 amide bonds. The lowest BCUT2D eigenvalue weighted by Crippen LogP contribution is -2.12. The van der Waals surface area contributed by atoms with Crippen molar-refractivity contribution in [2.24, 2.45) is 0 Å². The van der Waals surface area contributed by atoms with Gasteiger partial charge in [-0.15, -0.1) is 0 Å². The third-order valence-electron chi connectivity index (χ3n) is 3.79. The molecule has 0 radical (unpaired) electrons. The van der Waals surface area contributed by atoms with E-state index in [9.17, 15) is 18.0 Å². The molecule has 5 N–H and O–H groups in total. The molecule has 0 saturated heterocycles. The number of rotatable bonds is 3. The second kappa shape index (κ2) is 9.50. The zero-order valence-corrected chi connectivity index (χ0v) is 15.5. The van der Waals surface area contributed by atoms with Gasteiger partial charge in [-0.1, -0.05) is 30.3 Å². The molecule has 0 aliphatic rings. The van der Waals surface area contributed by atoms with Gasteiger partial charge in [0, 0.05) is 16.9 Å². The Morgan fingerprint density at radius 1 is 0.897 bits per heavy atom. The second-order valence-electron chi connectivity index (χ2n) is 5.86. The zero-order valence-electron chi connectivity index (χ0n) is 15.5. The number of hydrogen-bond donors (Lipinski definition) is 3. The molecule has 0 fully saturated rings. The van der Waals surface area contributed by atoms with Crippen molar-refractivity contribution in [1.82, 2.24) is 0 Å². The maximum Gasteiger partial charge on any atom is 0.418 e. The van der Waals surface area contributed by atoms with E-state index >= 15 is 0 Å². The molecule has 5 nitrogen and oxygen atoms in total. The van der Waals surface area contributed by atoms with Crippen molar-refractivity contribution in [2.45, 2.75) is 6.18 Å². The minimum atomic E-state index is -4.34. The number of methoxy groups -OCH3 is 1. The van der Waals surface area contributed by atoms with Crippen molar-refractivity contribution in [3.8, 4) is 5.75 Å². The molecule has 152 valence electrons. The fraction of sp³-hybridized carbons (Fsp3) is 0.0952. The Labute approximate surface area is 166 Å². The van der Waals surface area contributed by atoms with Crippen molar-refractivity contribution in [2.75, 3.05) is 23.9 Å². The third-order valence-corrected chi connectivity index (χ3v) is 3.79. The van der Waals surface area contributed by atoms with E-state index < -0.39 is 11.7 Å². The average molecular weight is 403 g/mol. The van der Waals surface area contributed by atoms with Crippen molar-refractivity contribution in [3.63, 3.8) is 0 Å². The number of nitrogens with two attached hydrogens (primary N) is 2. The molecule has 3 aromatic rings. The van der Waals surface area contributed by atoms with Gasteiger partial charge in [-0.05, 0) is 42.5 Å². The molecule has 0 bridgehead atoms. The summed E-state index contributed by atoms with van der Waals surface area (Å²) in [5, 5.41) is 2.79. The van der Waals surface area contributed by atoms with E-state index in [-0.39, 0.29) is 11.6 Å². The number of anilines is 3. The minimum absolute atomic E-state index is 0.199. The third kappa shape index (κ3) is 6.17. The summed E-state index contributed by atoms with van der Waals surface area (Å²) in [7, 11) is 1.54. The first-order valence-electron chi connectivity index (χ1n) is 8.44. The number of nitrogen functional groups attached to an aromatic ring is 2. The van der Waals surface area contributed by atoms with Crippen LogP contribution < -0.4 is 21.5 Å². The van der Waals surface area contributed by atoms with Crippen LogP contribution in [0.5, 0.6) is 5.75 Å². The molecule has 29 heavy (non-hydrogen) atoms. The van der Waals surface area contributed by atoms with E-state index in [4.69, 9.17) is 16.2 Å². The Morgan fingerprint density at radius 3 is 2.03 bits per heavy atom. The number of alkyl halides is 3. The number of ether oxygens (including phenoxy) is 1. The van der Waals surface area contributed by atoms with Crippen LogP contribution in [0.15, 0.2) is 72.8 Å². The second-order valence-corrected chi connectivity index (χ2v) is 5.86. The van der Waals surface area contributed by atoms with Gasteiger partial charge >= 0.3 is 6.18 Å². The highest BCUT2D eigenvalue weighted by Gasteiger charge is 2.32. The highest BCUT2D eigenvalue weighted by Crippen LogP contribution is 2.32. The summed E-state index contributed by atoms with van der Waals surface area (Å²) in [5.41, 5.74) is 11.5. The first-order valence-corrected chi connectivity index (χ1v) is 8.44. The normalized spacial score (nSPS) is 10.5. The molecular formula is C21H20F3N3O2. The van der Waals surface area contributed by atoms with Crippen LogP contribution in [0.4, 0.5) is 30.2 Å². The predicted molar refractivity (Wildman–Crippen MR) is 108 cm³/mol. The Morgan fingerprint density at radius 2 is 1.52 bits per heavy atom. The molecular weight excluding hydrogens is 383 g/mol. The largest absolute Gasteiger partial charge is 0.495 e. The van der Waals surface area contributed by atoms with Crippen molar-refractivity contribution in [3.05, 3.63) is 83.9 Å².